The van der Waals surface area contributed by atoms with E-state index < -0.39 is 0 Å². The van der Waals surface area contributed by atoms with Gasteiger partial charge in [0, 0.05) is 13.1 Å². The second-order valence-corrected chi connectivity index (χ2v) is 7.64. The lowest BCUT2D eigenvalue weighted by Gasteiger charge is -2.37. The maximum Gasteiger partial charge on any atom is 0.261 e. The van der Waals surface area contributed by atoms with Gasteiger partial charge < -0.3 is 0 Å². The third kappa shape index (κ3) is 3.83. The Hall–Kier alpha value is -1.75. The first-order valence-electron chi connectivity index (χ1n) is 9.99. The van der Waals surface area contributed by atoms with Gasteiger partial charge in [-0.15, -0.1) is 0 Å². The Morgan fingerprint density at radius 2 is 2.12 bits per heavy atom. The number of hydrogen-bond acceptors (Lipinski definition) is 3. The Morgan fingerprint density at radius 3 is 2.81 bits per heavy atom. The molecule has 2 aromatic rings. The van der Waals surface area contributed by atoms with Gasteiger partial charge in [-0.3, -0.25) is 14.3 Å². The average Bonchev–Trinajstić information content (AvgIpc) is 2.63. The molecule has 0 radical (unpaired) electrons. The molecule has 142 valence electrons. The minimum Gasteiger partial charge on any atom is -0.295 e. The highest BCUT2D eigenvalue weighted by molar-refractivity contribution is 5.77. The quantitative estimate of drug-likeness (QED) is 0.761. The Morgan fingerprint density at radius 1 is 1.31 bits per heavy atom. The van der Waals surface area contributed by atoms with Gasteiger partial charge in [-0.2, -0.15) is 0 Å². The second kappa shape index (κ2) is 8.30. The highest BCUT2D eigenvalue weighted by Crippen LogP contribution is 2.30. The molecule has 1 aromatic carbocycles. The molecule has 1 aliphatic rings. The predicted octanol–water partition coefficient (Wildman–Crippen LogP) is 4.52. The summed E-state index contributed by atoms with van der Waals surface area (Å²) in [5.74, 6) is 1.14. The van der Waals surface area contributed by atoms with Gasteiger partial charge in [-0.25, -0.2) is 9.37 Å². The molecule has 2 heterocycles. The van der Waals surface area contributed by atoms with Gasteiger partial charge in [0.2, 0.25) is 0 Å². The Kier molecular flexibility index (Phi) is 6.07. The van der Waals surface area contributed by atoms with Crippen LogP contribution in [0.3, 0.4) is 0 Å². The number of rotatable bonds is 6. The summed E-state index contributed by atoms with van der Waals surface area (Å²) in [7, 11) is 0. The van der Waals surface area contributed by atoms with Crippen molar-refractivity contribution in [2.75, 3.05) is 13.1 Å². The van der Waals surface area contributed by atoms with E-state index in [1.807, 2.05) is 0 Å². The van der Waals surface area contributed by atoms with Crippen LogP contribution in [0.1, 0.15) is 64.7 Å². The average molecular weight is 359 g/mol. The van der Waals surface area contributed by atoms with Crippen molar-refractivity contribution in [1.82, 2.24) is 14.5 Å². The van der Waals surface area contributed by atoms with Crippen molar-refractivity contribution in [2.45, 2.75) is 65.5 Å². The first-order valence-corrected chi connectivity index (χ1v) is 9.99. The molecule has 0 saturated carbocycles. The number of likely N-dealkylation sites (tertiary alicyclic amines) is 1. The smallest absolute Gasteiger partial charge is 0.261 e. The Bertz CT molecular complexity index is 817. The number of piperidine rings is 1. The van der Waals surface area contributed by atoms with Crippen molar-refractivity contribution in [3.63, 3.8) is 0 Å². The maximum absolute atomic E-state index is 13.7. The summed E-state index contributed by atoms with van der Waals surface area (Å²) >= 11 is 0. The van der Waals surface area contributed by atoms with Crippen LogP contribution in [0.25, 0.3) is 10.9 Å². The molecule has 0 bridgehead atoms. The number of nitrogens with zero attached hydrogens (tertiary/aromatic N) is 3. The highest BCUT2D eigenvalue weighted by Gasteiger charge is 2.28. The SMILES string of the molecule is CCC[C@H](c1nc2ccc(F)cc2c(=O)n1CCC)N1CCC[C@@H](C)C1. The van der Waals surface area contributed by atoms with Crippen molar-refractivity contribution in [3.05, 3.63) is 40.2 Å². The lowest BCUT2D eigenvalue weighted by molar-refractivity contribution is 0.114. The second-order valence-electron chi connectivity index (χ2n) is 7.64. The topological polar surface area (TPSA) is 38.1 Å². The Labute approximate surface area is 155 Å². The molecule has 1 aromatic heterocycles. The van der Waals surface area contributed by atoms with Crippen LogP contribution < -0.4 is 5.56 Å². The maximum atomic E-state index is 13.7. The van der Waals surface area contributed by atoms with Crippen molar-refractivity contribution in [3.8, 4) is 0 Å². The lowest BCUT2D eigenvalue weighted by Crippen LogP contribution is -2.40. The monoisotopic (exact) mass is 359 g/mol. The molecule has 26 heavy (non-hydrogen) atoms. The van der Waals surface area contributed by atoms with Crippen LogP contribution in [0.15, 0.2) is 23.0 Å². The number of fused-ring (bicyclic) bond motifs is 1. The molecule has 1 aliphatic heterocycles. The largest absolute Gasteiger partial charge is 0.295 e. The number of hydrogen-bond donors (Lipinski definition) is 0. The van der Waals surface area contributed by atoms with E-state index in [1.165, 1.54) is 25.0 Å². The molecule has 0 unspecified atom stereocenters. The highest BCUT2D eigenvalue weighted by atomic mass is 19.1. The van der Waals surface area contributed by atoms with Crippen molar-refractivity contribution in [1.29, 1.82) is 0 Å². The summed E-state index contributed by atoms with van der Waals surface area (Å²) in [4.78, 5) is 20.5. The third-order valence-corrected chi connectivity index (χ3v) is 5.38. The van der Waals surface area contributed by atoms with Crippen molar-refractivity contribution < 1.29 is 4.39 Å². The molecule has 4 nitrogen and oxygen atoms in total. The van der Waals surface area contributed by atoms with Crippen molar-refractivity contribution >= 4 is 10.9 Å². The molecule has 0 aliphatic carbocycles. The van der Waals surface area contributed by atoms with Crippen LogP contribution >= 0.6 is 0 Å². The van der Waals surface area contributed by atoms with E-state index in [2.05, 4.69) is 25.7 Å². The molecular formula is C21H30FN3O. The van der Waals surface area contributed by atoms with Crippen LogP contribution in [0.5, 0.6) is 0 Å². The minimum atomic E-state index is -0.387. The van der Waals surface area contributed by atoms with Crippen LogP contribution in [-0.2, 0) is 6.54 Å². The number of aromatic nitrogens is 2. The third-order valence-electron chi connectivity index (χ3n) is 5.38. The van der Waals surface area contributed by atoms with E-state index in [0.29, 0.717) is 23.4 Å². The molecular weight excluding hydrogens is 329 g/mol. The van der Waals surface area contributed by atoms with Crippen LogP contribution in [0.4, 0.5) is 4.39 Å². The lowest BCUT2D eigenvalue weighted by atomic mass is 9.97. The number of halogens is 1. The Balaban J connectivity index is 2.14. The van der Waals surface area contributed by atoms with Crippen LogP contribution in [-0.4, -0.2) is 27.5 Å². The fourth-order valence-electron chi connectivity index (χ4n) is 4.16. The van der Waals surface area contributed by atoms with Gasteiger partial charge in [0.1, 0.15) is 11.6 Å². The van der Waals surface area contributed by atoms with E-state index in [4.69, 9.17) is 4.98 Å². The molecule has 5 heteroatoms. The summed E-state index contributed by atoms with van der Waals surface area (Å²) in [5.41, 5.74) is 0.488. The van der Waals surface area contributed by atoms with E-state index in [1.54, 1.807) is 10.6 Å². The van der Waals surface area contributed by atoms with Gasteiger partial charge in [0.15, 0.2) is 0 Å². The van der Waals surface area contributed by atoms with E-state index in [-0.39, 0.29) is 17.4 Å². The normalized spacial score (nSPS) is 19.8. The van der Waals surface area contributed by atoms with Gasteiger partial charge in [0.25, 0.3) is 5.56 Å². The van der Waals surface area contributed by atoms with Gasteiger partial charge >= 0.3 is 0 Å². The zero-order chi connectivity index (χ0) is 18.7. The summed E-state index contributed by atoms with van der Waals surface area (Å²) < 4.78 is 15.5. The molecule has 3 rings (SSSR count). The fraction of sp³-hybridized carbons (Fsp3) is 0.619. The summed E-state index contributed by atoms with van der Waals surface area (Å²) in [6.45, 7) is 9.26. The molecule has 0 N–H and O–H groups in total. The zero-order valence-electron chi connectivity index (χ0n) is 16.2. The molecule has 2 atom stereocenters. The standard InChI is InChI=1S/C21H30FN3O/c1-4-7-19(24-12-6-8-15(3)14-24)20-23-18-10-9-16(22)13-17(18)21(26)25(20)11-5-2/h9-10,13,15,19H,4-8,11-12,14H2,1-3H3/t15-,19-/m1/s1. The van der Waals surface area contributed by atoms with Gasteiger partial charge in [-0.1, -0.05) is 27.2 Å². The molecule has 1 fully saturated rings. The molecule has 0 amide bonds. The minimum absolute atomic E-state index is 0.113. The number of benzene rings is 1. The summed E-state index contributed by atoms with van der Waals surface area (Å²) in [6, 6.07) is 4.49. The van der Waals surface area contributed by atoms with E-state index in [0.717, 1.165) is 38.2 Å². The molecule has 0 spiro atoms. The van der Waals surface area contributed by atoms with E-state index >= 15 is 0 Å². The summed E-state index contributed by atoms with van der Waals surface area (Å²) in [5, 5.41) is 0.379. The summed E-state index contributed by atoms with van der Waals surface area (Å²) in [6.07, 6.45) is 5.33. The fourth-order valence-corrected chi connectivity index (χ4v) is 4.16. The van der Waals surface area contributed by atoms with Gasteiger partial charge in [-0.05, 0) is 56.3 Å². The first kappa shape index (κ1) is 19.0. The van der Waals surface area contributed by atoms with Gasteiger partial charge in [0.05, 0.1) is 16.9 Å². The zero-order valence-corrected chi connectivity index (χ0v) is 16.2. The predicted molar refractivity (Wildman–Crippen MR) is 104 cm³/mol. The van der Waals surface area contributed by atoms with Crippen LogP contribution in [0, 0.1) is 11.7 Å². The molecule has 1 saturated heterocycles. The van der Waals surface area contributed by atoms with Crippen molar-refractivity contribution in [2.24, 2.45) is 5.92 Å². The van der Waals surface area contributed by atoms with Crippen LogP contribution in [0.2, 0.25) is 0 Å². The first-order chi connectivity index (χ1) is 12.5. The van der Waals surface area contributed by atoms with E-state index in [9.17, 15) is 9.18 Å².